The van der Waals surface area contributed by atoms with Crippen LogP contribution in [0.2, 0.25) is 0 Å². The van der Waals surface area contributed by atoms with Crippen LogP contribution in [0.4, 0.5) is 0 Å². The number of methoxy groups -OCH3 is 1. The van der Waals surface area contributed by atoms with Crippen molar-refractivity contribution in [2.75, 3.05) is 40.3 Å². The van der Waals surface area contributed by atoms with Crippen LogP contribution in [0.5, 0.6) is 0 Å². The minimum atomic E-state index is -0.0791. The van der Waals surface area contributed by atoms with Gasteiger partial charge in [0.15, 0.2) is 0 Å². The Bertz CT molecular complexity index is 308. The Hall–Kier alpha value is -0.160. The van der Waals surface area contributed by atoms with E-state index in [2.05, 4.69) is 30.7 Å². The van der Waals surface area contributed by atoms with Gasteiger partial charge >= 0.3 is 0 Å². The van der Waals surface area contributed by atoms with Crippen LogP contribution in [0.3, 0.4) is 0 Å². The molecule has 2 N–H and O–H groups in total. The highest BCUT2D eigenvalue weighted by atomic mass is 16.5. The Labute approximate surface area is 124 Å². The van der Waals surface area contributed by atoms with Gasteiger partial charge in [-0.05, 0) is 65.6 Å². The Morgan fingerprint density at radius 1 is 1.30 bits per heavy atom. The second-order valence-electron chi connectivity index (χ2n) is 7.29. The minimum Gasteiger partial charge on any atom is -0.379 e. The molecule has 4 heteroatoms. The molecule has 2 aliphatic heterocycles. The van der Waals surface area contributed by atoms with Gasteiger partial charge in [0.05, 0.1) is 5.60 Å². The predicted octanol–water partition coefficient (Wildman–Crippen LogP) is 1.54. The highest BCUT2D eigenvalue weighted by Gasteiger charge is 2.37. The molecule has 2 saturated heterocycles. The highest BCUT2D eigenvalue weighted by molar-refractivity contribution is 4.92. The SMILES string of the molecule is COC(C)(C)CC(CN)N1CCC2C(CCCN2C)C1. The van der Waals surface area contributed by atoms with Crippen LogP contribution in [0.1, 0.15) is 39.5 Å². The zero-order valence-electron chi connectivity index (χ0n) is 13.8. The fourth-order valence-corrected chi connectivity index (χ4v) is 4.02. The van der Waals surface area contributed by atoms with Gasteiger partial charge in [0.1, 0.15) is 0 Å². The van der Waals surface area contributed by atoms with Gasteiger partial charge in [0.2, 0.25) is 0 Å². The third-order valence-corrected chi connectivity index (χ3v) is 5.45. The third kappa shape index (κ3) is 3.73. The number of ether oxygens (including phenoxy) is 1. The molecule has 3 unspecified atom stereocenters. The summed E-state index contributed by atoms with van der Waals surface area (Å²) in [6.45, 7) is 8.75. The Morgan fingerprint density at radius 2 is 2.05 bits per heavy atom. The van der Waals surface area contributed by atoms with Crippen molar-refractivity contribution in [3.8, 4) is 0 Å². The largest absolute Gasteiger partial charge is 0.379 e. The van der Waals surface area contributed by atoms with E-state index in [0.717, 1.165) is 24.9 Å². The standard InChI is InChI=1S/C16H33N3O/c1-16(2,20-4)10-14(11-17)19-9-7-15-13(12-19)6-5-8-18(15)3/h13-15H,5-12,17H2,1-4H3. The van der Waals surface area contributed by atoms with Crippen molar-refractivity contribution in [3.63, 3.8) is 0 Å². The van der Waals surface area contributed by atoms with E-state index in [0.29, 0.717) is 6.04 Å². The second kappa shape index (κ2) is 6.73. The molecule has 118 valence electrons. The van der Waals surface area contributed by atoms with E-state index >= 15 is 0 Å². The fraction of sp³-hybridized carbons (Fsp3) is 1.00. The summed E-state index contributed by atoms with van der Waals surface area (Å²) in [5, 5.41) is 0. The number of fused-ring (bicyclic) bond motifs is 1. The first-order valence-electron chi connectivity index (χ1n) is 8.16. The molecule has 2 heterocycles. The van der Waals surface area contributed by atoms with Crippen molar-refractivity contribution >= 4 is 0 Å². The highest BCUT2D eigenvalue weighted by Crippen LogP contribution is 2.31. The van der Waals surface area contributed by atoms with Crippen molar-refractivity contribution in [3.05, 3.63) is 0 Å². The summed E-state index contributed by atoms with van der Waals surface area (Å²) in [4.78, 5) is 5.20. The van der Waals surface area contributed by atoms with Gasteiger partial charge in [-0.1, -0.05) is 0 Å². The topological polar surface area (TPSA) is 41.7 Å². The lowest BCUT2D eigenvalue weighted by Gasteiger charge is -2.48. The zero-order chi connectivity index (χ0) is 14.8. The van der Waals surface area contributed by atoms with Crippen LogP contribution in [0.15, 0.2) is 0 Å². The van der Waals surface area contributed by atoms with E-state index in [4.69, 9.17) is 10.5 Å². The number of rotatable bonds is 5. The zero-order valence-corrected chi connectivity index (χ0v) is 13.8. The number of nitrogens with zero attached hydrogens (tertiary/aromatic N) is 2. The van der Waals surface area contributed by atoms with Gasteiger partial charge in [-0.2, -0.15) is 0 Å². The van der Waals surface area contributed by atoms with Crippen molar-refractivity contribution in [2.24, 2.45) is 11.7 Å². The van der Waals surface area contributed by atoms with Gasteiger partial charge in [-0.25, -0.2) is 0 Å². The molecular formula is C16H33N3O. The maximum absolute atomic E-state index is 6.05. The van der Waals surface area contributed by atoms with Crippen molar-refractivity contribution in [1.29, 1.82) is 0 Å². The van der Waals surface area contributed by atoms with Crippen LogP contribution in [0, 0.1) is 5.92 Å². The van der Waals surface area contributed by atoms with Crippen molar-refractivity contribution in [1.82, 2.24) is 9.80 Å². The lowest BCUT2D eigenvalue weighted by molar-refractivity contribution is -0.0278. The molecule has 2 fully saturated rings. The monoisotopic (exact) mass is 283 g/mol. The molecule has 2 rings (SSSR count). The Kier molecular flexibility index (Phi) is 5.46. The lowest BCUT2D eigenvalue weighted by Crippen LogP contribution is -2.57. The average Bonchev–Trinajstić information content (AvgIpc) is 2.45. The molecule has 0 aromatic carbocycles. The van der Waals surface area contributed by atoms with E-state index in [1.165, 1.54) is 38.9 Å². The molecule has 0 aromatic heterocycles. The van der Waals surface area contributed by atoms with Crippen molar-refractivity contribution < 1.29 is 4.74 Å². The summed E-state index contributed by atoms with van der Waals surface area (Å²) in [5.74, 6) is 0.835. The van der Waals surface area contributed by atoms with E-state index in [1.807, 2.05) is 0 Å². The molecule has 0 bridgehead atoms. The molecule has 0 radical (unpaired) electrons. The van der Waals surface area contributed by atoms with Crippen LogP contribution in [-0.2, 0) is 4.74 Å². The average molecular weight is 283 g/mol. The van der Waals surface area contributed by atoms with Crippen LogP contribution < -0.4 is 5.73 Å². The molecule has 4 nitrogen and oxygen atoms in total. The Morgan fingerprint density at radius 3 is 2.70 bits per heavy atom. The summed E-state index contributed by atoms with van der Waals surface area (Å²) in [6, 6.07) is 1.26. The third-order valence-electron chi connectivity index (χ3n) is 5.45. The van der Waals surface area contributed by atoms with Crippen LogP contribution in [0.25, 0.3) is 0 Å². The first-order valence-corrected chi connectivity index (χ1v) is 8.16. The maximum Gasteiger partial charge on any atom is 0.0638 e. The molecular weight excluding hydrogens is 250 g/mol. The smallest absolute Gasteiger partial charge is 0.0638 e. The molecule has 0 amide bonds. The molecule has 0 aromatic rings. The first-order chi connectivity index (χ1) is 9.46. The summed E-state index contributed by atoms with van der Waals surface area (Å²) in [5.41, 5.74) is 5.97. The number of hydrogen-bond donors (Lipinski definition) is 1. The van der Waals surface area contributed by atoms with Gasteiger partial charge in [-0.3, -0.25) is 4.90 Å². The number of nitrogens with two attached hydrogens (primary N) is 1. The quantitative estimate of drug-likeness (QED) is 0.831. The number of piperidine rings is 2. The molecule has 0 aliphatic carbocycles. The summed E-state index contributed by atoms with van der Waals surface area (Å²) < 4.78 is 5.59. The maximum atomic E-state index is 6.05. The summed E-state index contributed by atoms with van der Waals surface area (Å²) in [7, 11) is 4.09. The summed E-state index contributed by atoms with van der Waals surface area (Å²) >= 11 is 0. The lowest BCUT2D eigenvalue weighted by atomic mass is 9.83. The molecule has 0 spiro atoms. The van der Waals surface area contributed by atoms with Crippen LogP contribution >= 0.6 is 0 Å². The van der Waals surface area contributed by atoms with Crippen molar-refractivity contribution in [2.45, 2.75) is 57.2 Å². The minimum absolute atomic E-state index is 0.0791. The molecule has 20 heavy (non-hydrogen) atoms. The normalized spacial score (nSPS) is 31.1. The molecule has 3 atom stereocenters. The van der Waals surface area contributed by atoms with Crippen LogP contribution in [-0.4, -0.2) is 67.8 Å². The van der Waals surface area contributed by atoms with Gasteiger partial charge in [0, 0.05) is 32.3 Å². The number of likely N-dealkylation sites (tertiary alicyclic amines) is 2. The Balaban J connectivity index is 1.95. The van der Waals surface area contributed by atoms with E-state index in [-0.39, 0.29) is 5.60 Å². The first kappa shape index (κ1) is 16.2. The van der Waals surface area contributed by atoms with Gasteiger partial charge < -0.3 is 15.4 Å². The van der Waals surface area contributed by atoms with E-state index < -0.39 is 0 Å². The van der Waals surface area contributed by atoms with E-state index in [1.54, 1.807) is 7.11 Å². The van der Waals surface area contributed by atoms with E-state index in [9.17, 15) is 0 Å². The molecule has 2 aliphatic rings. The van der Waals surface area contributed by atoms with Gasteiger partial charge in [-0.15, -0.1) is 0 Å². The number of hydrogen-bond acceptors (Lipinski definition) is 4. The van der Waals surface area contributed by atoms with Gasteiger partial charge in [0.25, 0.3) is 0 Å². The molecule has 0 saturated carbocycles. The second-order valence-corrected chi connectivity index (χ2v) is 7.29. The fourth-order valence-electron chi connectivity index (χ4n) is 4.02. The predicted molar refractivity (Wildman–Crippen MR) is 83.9 cm³/mol. The summed E-state index contributed by atoms with van der Waals surface area (Å²) in [6.07, 6.45) is 5.05.